The molecule has 0 spiro atoms. The molecule has 0 saturated carbocycles. The zero-order chi connectivity index (χ0) is 15.6. The molecular weight excluding hydrogens is 338 g/mol. The Morgan fingerprint density at radius 3 is 2.15 bits per heavy atom. The van der Waals surface area contributed by atoms with Gasteiger partial charge in [-0.15, -0.1) is 0 Å². The van der Waals surface area contributed by atoms with Crippen LogP contribution in [0.4, 0.5) is 13.6 Å². The zero-order valence-electron chi connectivity index (χ0n) is 11.7. The van der Waals surface area contributed by atoms with Gasteiger partial charge in [-0.05, 0) is 33.6 Å². The molecule has 1 N–H and O–H groups in total. The molecule has 1 fully saturated rings. The summed E-state index contributed by atoms with van der Waals surface area (Å²) in [4.78, 5) is 20.5. The molecule has 5 nitrogen and oxygen atoms in total. The van der Waals surface area contributed by atoms with E-state index in [4.69, 9.17) is 4.74 Å². The molecule has 0 atom stereocenters. The monoisotopic (exact) mass is 356 g/mol. The average molecular weight is 357 g/mol. The number of carbonyl (C=O) groups excluding carboxylic acids is 2. The Kier molecular flexibility index (Phi) is 5.34. The quantitative estimate of drug-likeness (QED) is 0.773. The maximum absolute atomic E-state index is 12.8. The van der Waals surface area contributed by atoms with Gasteiger partial charge in [0, 0.05) is 35.1 Å². The lowest BCUT2D eigenvalue weighted by atomic mass is 10.1. The van der Waals surface area contributed by atoms with Crippen molar-refractivity contribution in [2.75, 3.05) is 13.1 Å². The number of alkyl carbamates (subject to hydrolysis) is 1. The Morgan fingerprint density at radius 1 is 1.25 bits per heavy atom. The van der Waals surface area contributed by atoms with Crippen molar-refractivity contribution in [3.05, 3.63) is 0 Å². The number of hydrogen-bond donors (Lipinski definition) is 1. The number of nitrogens with zero attached hydrogens (tertiary/aromatic N) is 1. The van der Waals surface area contributed by atoms with Crippen LogP contribution in [-0.4, -0.2) is 46.5 Å². The molecule has 0 aromatic rings. The van der Waals surface area contributed by atoms with Gasteiger partial charge in [-0.3, -0.25) is 4.79 Å². The molecule has 1 saturated heterocycles. The molecule has 20 heavy (non-hydrogen) atoms. The standard InChI is InChI=1S/C12H19BrF2N2O3/c1-11(2,3)20-10(19)16-8-4-6-17(7-5-8)9(18)12(13,14)15/h8H,4-7H2,1-3H3,(H,16,19). The highest BCUT2D eigenvalue weighted by Crippen LogP contribution is 2.26. The number of piperidine rings is 1. The number of halogens is 3. The Hall–Kier alpha value is -0.920. The lowest BCUT2D eigenvalue weighted by Gasteiger charge is -2.33. The number of nitrogens with one attached hydrogen (secondary N) is 1. The molecular formula is C12H19BrF2N2O3. The van der Waals surface area contributed by atoms with E-state index in [9.17, 15) is 18.4 Å². The van der Waals surface area contributed by atoms with Crippen molar-refractivity contribution in [3.8, 4) is 0 Å². The molecule has 0 radical (unpaired) electrons. The number of likely N-dealkylation sites (tertiary alicyclic amines) is 1. The van der Waals surface area contributed by atoms with Gasteiger partial charge in [0.1, 0.15) is 5.60 Å². The van der Waals surface area contributed by atoms with Gasteiger partial charge >= 0.3 is 16.8 Å². The van der Waals surface area contributed by atoms with E-state index in [1.807, 2.05) is 0 Å². The third-order valence-corrected chi connectivity index (χ3v) is 3.08. The molecule has 0 aromatic heterocycles. The third kappa shape index (κ3) is 5.60. The molecule has 1 aliphatic rings. The lowest BCUT2D eigenvalue weighted by Crippen LogP contribution is -2.50. The second-order valence-electron chi connectivity index (χ2n) is 5.71. The summed E-state index contributed by atoms with van der Waals surface area (Å²) < 4.78 is 30.8. The van der Waals surface area contributed by atoms with Gasteiger partial charge in [0.05, 0.1) is 0 Å². The Bertz CT molecular complexity index is 372. The largest absolute Gasteiger partial charge is 0.444 e. The van der Waals surface area contributed by atoms with Crippen molar-refractivity contribution in [2.45, 2.75) is 50.1 Å². The van der Waals surface area contributed by atoms with Crippen LogP contribution in [0.5, 0.6) is 0 Å². The molecule has 8 heteroatoms. The van der Waals surface area contributed by atoms with Crippen molar-refractivity contribution in [2.24, 2.45) is 0 Å². The van der Waals surface area contributed by atoms with Gasteiger partial charge in [0.15, 0.2) is 0 Å². The minimum Gasteiger partial charge on any atom is -0.444 e. The molecule has 1 heterocycles. The van der Waals surface area contributed by atoms with Gasteiger partial charge in [-0.25, -0.2) is 4.79 Å². The highest BCUT2D eigenvalue weighted by atomic mass is 79.9. The van der Waals surface area contributed by atoms with E-state index in [1.165, 1.54) is 0 Å². The SMILES string of the molecule is CC(C)(C)OC(=O)NC1CCN(C(=O)C(F)(F)Br)CC1. The van der Waals surface area contributed by atoms with Crippen LogP contribution in [0.2, 0.25) is 0 Å². The van der Waals surface area contributed by atoms with Gasteiger partial charge in [0.25, 0.3) is 0 Å². The number of amides is 2. The van der Waals surface area contributed by atoms with Crippen molar-refractivity contribution in [3.63, 3.8) is 0 Å². The van der Waals surface area contributed by atoms with E-state index >= 15 is 0 Å². The summed E-state index contributed by atoms with van der Waals surface area (Å²) in [5.41, 5.74) is -0.585. The molecule has 0 unspecified atom stereocenters. The summed E-state index contributed by atoms with van der Waals surface area (Å²) >= 11 is 2.05. The second kappa shape index (κ2) is 6.24. The van der Waals surface area contributed by atoms with E-state index in [1.54, 1.807) is 20.8 Å². The number of ether oxygens (including phenoxy) is 1. The predicted octanol–water partition coefficient (Wildman–Crippen LogP) is 2.49. The van der Waals surface area contributed by atoms with Crippen LogP contribution in [0.15, 0.2) is 0 Å². The van der Waals surface area contributed by atoms with Crippen LogP contribution in [0.3, 0.4) is 0 Å². The van der Waals surface area contributed by atoms with Crippen molar-refractivity contribution >= 4 is 27.9 Å². The number of carbonyl (C=O) groups is 2. The van der Waals surface area contributed by atoms with Crippen LogP contribution < -0.4 is 5.32 Å². The molecule has 1 aliphatic heterocycles. The maximum atomic E-state index is 12.8. The van der Waals surface area contributed by atoms with Crippen molar-refractivity contribution < 1.29 is 23.1 Å². The highest BCUT2D eigenvalue weighted by molar-refractivity contribution is 9.10. The summed E-state index contributed by atoms with van der Waals surface area (Å²) in [6.45, 7) is 5.63. The average Bonchev–Trinajstić information content (AvgIpc) is 2.25. The minimum atomic E-state index is -3.53. The first kappa shape index (κ1) is 17.1. The zero-order valence-corrected chi connectivity index (χ0v) is 13.3. The van der Waals surface area contributed by atoms with E-state index < -0.39 is 22.4 Å². The van der Waals surface area contributed by atoms with E-state index in [0.717, 1.165) is 4.90 Å². The lowest BCUT2D eigenvalue weighted by molar-refractivity contribution is -0.146. The highest BCUT2D eigenvalue weighted by Gasteiger charge is 2.40. The first-order valence-electron chi connectivity index (χ1n) is 6.34. The second-order valence-corrected chi connectivity index (χ2v) is 6.71. The van der Waals surface area contributed by atoms with E-state index in [2.05, 4.69) is 21.2 Å². The summed E-state index contributed by atoms with van der Waals surface area (Å²) in [6.07, 6.45) is 0.315. The van der Waals surface area contributed by atoms with Crippen LogP contribution in [0.1, 0.15) is 33.6 Å². The Morgan fingerprint density at radius 2 is 1.75 bits per heavy atom. The van der Waals surface area contributed by atoms with Gasteiger partial charge in [-0.2, -0.15) is 8.78 Å². The Balaban J connectivity index is 2.40. The summed E-state index contributed by atoms with van der Waals surface area (Å²) in [5.74, 6) is -1.24. The maximum Gasteiger partial charge on any atom is 0.407 e. The molecule has 1 rings (SSSR count). The first-order chi connectivity index (χ1) is 8.99. The third-order valence-electron chi connectivity index (χ3n) is 2.75. The number of rotatable bonds is 2. The van der Waals surface area contributed by atoms with Crippen LogP contribution >= 0.6 is 15.9 Å². The van der Waals surface area contributed by atoms with Gasteiger partial charge in [0.2, 0.25) is 0 Å². The summed E-state index contributed by atoms with van der Waals surface area (Å²) in [6, 6.07) is -0.169. The predicted molar refractivity (Wildman–Crippen MR) is 72.8 cm³/mol. The topological polar surface area (TPSA) is 58.6 Å². The van der Waals surface area contributed by atoms with Crippen LogP contribution in [0.25, 0.3) is 0 Å². The fourth-order valence-corrected chi connectivity index (χ4v) is 2.13. The molecule has 0 aromatic carbocycles. The first-order valence-corrected chi connectivity index (χ1v) is 7.14. The smallest absolute Gasteiger partial charge is 0.407 e. The van der Waals surface area contributed by atoms with Crippen LogP contribution in [-0.2, 0) is 9.53 Å². The normalized spacial score (nSPS) is 17.8. The summed E-state index contributed by atoms with van der Waals surface area (Å²) in [7, 11) is 0. The number of alkyl halides is 3. The Labute approximate surface area is 125 Å². The van der Waals surface area contributed by atoms with E-state index in [-0.39, 0.29) is 19.1 Å². The van der Waals surface area contributed by atoms with Crippen LogP contribution in [0, 0.1) is 0 Å². The summed E-state index contributed by atoms with van der Waals surface area (Å²) in [5, 5.41) is 2.68. The fraction of sp³-hybridized carbons (Fsp3) is 0.833. The molecule has 2 amide bonds. The van der Waals surface area contributed by atoms with Crippen molar-refractivity contribution in [1.29, 1.82) is 0 Å². The van der Waals surface area contributed by atoms with Crippen molar-refractivity contribution in [1.82, 2.24) is 10.2 Å². The molecule has 116 valence electrons. The van der Waals surface area contributed by atoms with Gasteiger partial charge < -0.3 is 15.0 Å². The fourth-order valence-electron chi connectivity index (χ4n) is 1.88. The molecule has 0 aliphatic carbocycles. The molecule has 0 bridgehead atoms. The number of hydrogen-bond acceptors (Lipinski definition) is 3. The minimum absolute atomic E-state index is 0.169. The van der Waals surface area contributed by atoms with Gasteiger partial charge in [-0.1, -0.05) is 0 Å². The van der Waals surface area contributed by atoms with E-state index in [0.29, 0.717) is 12.8 Å².